The van der Waals surface area contributed by atoms with Crippen molar-refractivity contribution in [2.24, 2.45) is 4.99 Å². The van der Waals surface area contributed by atoms with E-state index in [1.807, 2.05) is 25.1 Å². The van der Waals surface area contributed by atoms with Crippen LogP contribution in [0.2, 0.25) is 5.02 Å². The Morgan fingerprint density at radius 3 is 2.69 bits per heavy atom. The quantitative estimate of drug-likeness (QED) is 0.510. The number of amides is 1. The highest BCUT2D eigenvalue weighted by Gasteiger charge is 2.41. The van der Waals surface area contributed by atoms with Crippen LogP contribution >= 0.6 is 11.6 Å². The first kappa shape index (κ1) is 25.2. The van der Waals surface area contributed by atoms with Crippen LogP contribution in [0.15, 0.2) is 47.6 Å². The van der Waals surface area contributed by atoms with Crippen LogP contribution in [0.1, 0.15) is 34.3 Å². The third kappa shape index (κ3) is 4.18. The Kier molecular flexibility index (Phi) is 6.20. The number of rotatable bonds is 4. The van der Waals surface area contributed by atoms with E-state index in [-0.39, 0.29) is 22.2 Å². The number of guanidine groups is 1. The Labute approximate surface area is 230 Å². The van der Waals surface area contributed by atoms with E-state index in [1.54, 1.807) is 4.90 Å². The summed E-state index contributed by atoms with van der Waals surface area (Å²) in [7, 11) is 2.08. The van der Waals surface area contributed by atoms with Crippen molar-refractivity contribution in [3.8, 4) is 6.07 Å². The molecule has 3 aliphatic heterocycles. The van der Waals surface area contributed by atoms with Gasteiger partial charge in [-0.25, -0.2) is 14.3 Å². The minimum atomic E-state index is -0.620. The van der Waals surface area contributed by atoms with Gasteiger partial charge >= 0.3 is 0 Å². The number of likely N-dealkylation sites (tertiary alicyclic amines) is 1. The summed E-state index contributed by atoms with van der Waals surface area (Å²) in [5, 5.41) is 13.4. The standard InChI is InChI=1S/C28H26ClFN8O/c1-17-14-18(6-7-20(17)28(16-31)8-11-36(2)12-9-28)34-26-33-15-19-24(35-26)37-13-10-32-27(37)38(25(19)39)23-21(29)4-3-5-22(23)30/h3-7,14-15H,8-13H2,1-2H3,(H,33,34,35). The summed E-state index contributed by atoms with van der Waals surface area (Å²) >= 11 is 6.29. The van der Waals surface area contributed by atoms with Crippen LogP contribution in [0.4, 0.5) is 27.5 Å². The summed E-state index contributed by atoms with van der Waals surface area (Å²) in [6.07, 6.45) is 3.03. The van der Waals surface area contributed by atoms with E-state index >= 15 is 0 Å². The Morgan fingerprint density at radius 1 is 1.18 bits per heavy atom. The second-order valence-corrected chi connectivity index (χ2v) is 10.5. The Bertz CT molecular complexity index is 1540. The molecule has 1 fully saturated rings. The van der Waals surface area contributed by atoms with Crippen LogP contribution in [0.25, 0.3) is 0 Å². The van der Waals surface area contributed by atoms with Crippen molar-refractivity contribution in [2.45, 2.75) is 25.2 Å². The number of aryl methyl sites for hydroxylation is 1. The minimum absolute atomic E-state index is 0.0435. The lowest BCUT2D eigenvalue weighted by molar-refractivity contribution is 0.0999. The van der Waals surface area contributed by atoms with E-state index < -0.39 is 17.1 Å². The lowest BCUT2D eigenvalue weighted by Crippen LogP contribution is -2.51. The summed E-state index contributed by atoms with van der Waals surface area (Å²) in [4.78, 5) is 32.2. The summed E-state index contributed by atoms with van der Waals surface area (Å²) in [5.41, 5.74) is 2.53. The average Bonchev–Trinajstić information content (AvgIpc) is 3.41. The van der Waals surface area contributed by atoms with Crippen LogP contribution in [-0.2, 0) is 5.41 Å². The molecule has 39 heavy (non-hydrogen) atoms. The summed E-state index contributed by atoms with van der Waals surface area (Å²) in [5.74, 6) is -0.123. The second kappa shape index (κ2) is 9.59. The number of nitrogens with zero attached hydrogens (tertiary/aromatic N) is 7. The maximum Gasteiger partial charge on any atom is 0.270 e. The molecule has 198 valence electrons. The zero-order chi connectivity index (χ0) is 27.3. The van der Waals surface area contributed by atoms with Crippen LogP contribution < -0.4 is 15.1 Å². The number of carbonyl (C=O) groups excluding carboxylic acids is 1. The molecule has 1 amide bonds. The van der Waals surface area contributed by atoms with Gasteiger partial charge in [-0.05, 0) is 75.3 Å². The second-order valence-electron chi connectivity index (χ2n) is 10.1. The van der Waals surface area contributed by atoms with Gasteiger partial charge in [0.1, 0.15) is 17.1 Å². The lowest BCUT2D eigenvalue weighted by atomic mass is 9.72. The third-order valence-corrected chi connectivity index (χ3v) is 7.99. The van der Waals surface area contributed by atoms with Gasteiger partial charge in [-0.15, -0.1) is 0 Å². The number of para-hydroxylation sites is 1. The summed E-state index contributed by atoms with van der Waals surface area (Å²) in [6.45, 7) is 4.69. The van der Waals surface area contributed by atoms with E-state index in [2.05, 4.69) is 38.3 Å². The Hall–Kier alpha value is -4.07. The third-order valence-electron chi connectivity index (χ3n) is 7.69. The molecule has 0 atom stereocenters. The first-order chi connectivity index (χ1) is 18.8. The van der Waals surface area contributed by atoms with Crippen molar-refractivity contribution >= 4 is 46.6 Å². The predicted octanol–water partition coefficient (Wildman–Crippen LogP) is 4.64. The van der Waals surface area contributed by atoms with Crippen molar-refractivity contribution in [2.75, 3.05) is 48.3 Å². The zero-order valence-corrected chi connectivity index (χ0v) is 22.3. The largest absolute Gasteiger partial charge is 0.324 e. The zero-order valence-electron chi connectivity index (χ0n) is 21.6. The number of hydrogen-bond acceptors (Lipinski definition) is 8. The SMILES string of the molecule is Cc1cc(Nc2ncc3c(n2)N2CCN=C2N(c2c(F)cccc2Cl)C3=O)ccc1C1(C#N)CCN(C)CC1. The highest BCUT2D eigenvalue weighted by Crippen LogP contribution is 2.39. The van der Waals surface area contributed by atoms with E-state index in [1.165, 1.54) is 29.3 Å². The van der Waals surface area contributed by atoms with Gasteiger partial charge in [-0.3, -0.25) is 14.7 Å². The van der Waals surface area contributed by atoms with Gasteiger partial charge in [0.2, 0.25) is 11.9 Å². The molecule has 0 spiro atoms. The first-order valence-corrected chi connectivity index (χ1v) is 13.1. The minimum Gasteiger partial charge on any atom is -0.324 e. The number of fused-ring (bicyclic) bond motifs is 3. The van der Waals surface area contributed by atoms with Gasteiger partial charge in [0.05, 0.1) is 23.1 Å². The van der Waals surface area contributed by atoms with Crippen molar-refractivity contribution in [1.29, 1.82) is 5.26 Å². The summed E-state index contributed by atoms with van der Waals surface area (Å²) in [6, 6.07) is 12.8. The van der Waals surface area contributed by atoms with E-state index in [4.69, 9.17) is 11.6 Å². The van der Waals surface area contributed by atoms with Crippen molar-refractivity contribution in [3.63, 3.8) is 0 Å². The van der Waals surface area contributed by atoms with Crippen LogP contribution in [0, 0.1) is 24.1 Å². The molecule has 0 bridgehead atoms. The molecule has 0 unspecified atom stereocenters. The molecule has 3 aromatic rings. The van der Waals surface area contributed by atoms with Crippen molar-refractivity contribution in [1.82, 2.24) is 14.9 Å². The maximum absolute atomic E-state index is 14.8. The number of carbonyl (C=O) groups is 1. The first-order valence-electron chi connectivity index (χ1n) is 12.8. The highest BCUT2D eigenvalue weighted by molar-refractivity contribution is 6.38. The number of benzene rings is 2. The lowest BCUT2D eigenvalue weighted by Gasteiger charge is -2.36. The fourth-order valence-electron chi connectivity index (χ4n) is 5.58. The van der Waals surface area contributed by atoms with Gasteiger partial charge in [0.25, 0.3) is 5.91 Å². The Morgan fingerprint density at radius 2 is 1.97 bits per heavy atom. The van der Waals surface area contributed by atoms with E-state index in [0.29, 0.717) is 24.9 Å². The molecule has 9 nitrogen and oxygen atoms in total. The molecule has 3 aliphatic rings. The maximum atomic E-state index is 14.8. The molecule has 0 aliphatic carbocycles. The molecule has 1 N–H and O–H groups in total. The molecule has 6 rings (SSSR count). The molecule has 1 saturated heterocycles. The van der Waals surface area contributed by atoms with Gasteiger partial charge < -0.3 is 10.2 Å². The number of hydrogen-bond donors (Lipinski definition) is 1. The number of anilines is 4. The number of nitrogens with one attached hydrogen (secondary N) is 1. The molecule has 1 aromatic heterocycles. The molecule has 0 radical (unpaired) electrons. The average molecular weight is 545 g/mol. The number of piperidine rings is 1. The van der Waals surface area contributed by atoms with E-state index in [9.17, 15) is 14.4 Å². The van der Waals surface area contributed by atoms with Gasteiger partial charge in [0.15, 0.2) is 5.82 Å². The molecular weight excluding hydrogens is 519 g/mol. The van der Waals surface area contributed by atoms with Crippen LogP contribution in [0.5, 0.6) is 0 Å². The Balaban J connectivity index is 1.30. The number of aliphatic imine (C=N–C) groups is 1. The molecule has 11 heteroatoms. The van der Waals surface area contributed by atoms with Gasteiger partial charge in [0, 0.05) is 18.4 Å². The van der Waals surface area contributed by atoms with E-state index in [0.717, 1.165) is 42.7 Å². The van der Waals surface area contributed by atoms with Crippen molar-refractivity contribution in [3.05, 3.63) is 70.1 Å². The molecular formula is C28H26ClFN8O. The fourth-order valence-corrected chi connectivity index (χ4v) is 5.83. The highest BCUT2D eigenvalue weighted by atomic mass is 35.5. The molecule has 4 heterocycles. The van der Waals surface area contributed by atoms with Crippen LogP contribution in [-0.4, -0.2) is 60.0 Å². The smallest absolute Gasteiger partial charge is 0.270 e. The van der Waals surface area contributed by atoms with Gasteiger partial charge in [-0.1, -0.05) is 23.7 Å². The molecule has 0 saturated carbocycles. The molecule has 2 aromatic carbocycles. The number of nitriles is 1. The monoisotopic (exact) mass is 544 g/mol. The topological polar surface area (TPSA) is 101 Å². The van der Waals surface area contributed by atoms with Crippen molar-refractivity contribution < 1.29 is 9.18 Å². The number of halogens is 2. The van der Waals surface area contributed by atoms with Gasteiger partial charge in [-0.2, -0.15) is 10.2 Å². The normalized spacial score (nSPS) is 18.3. The number of aromatic nitrogens is 2. The fraction of sp³-hybridized carbons (Fsp3) is 0.321. The van der Waals surface area contributed by atoms with Crippen LogP contribution in [0.3, 0.4) is 0 Å². The summed E-state index contributed by atoms with van der Waals surface area (Å²) < 4.78 is 14.8. The predicted molar refractivity (Wildman–Crippen MR) is 148 cm³/mol.